The fourth-order valence-electron chi connectivity index (χ4n) is 5.74. The van der Waals surface area contributed by atoms with Crippen molar-refractivity contribution in [3.8, 4) is 0 Å². The van der Waals surface area contributed by atoms with Crippen LogP contribution in [0.25, 0.3) is 10.9 Å². The third-order valence-corrected chi connectivity index (χ3v) is 7.50. The van der Waals surface area contributed by atoms with Gasteiger partial charge >= 0.3 is 0 Å². The van der Waals surface area contributed by atoms with E-state index in [2.05, 4.69) is 85.0 Å². The van der Waals surface area contributed by atoms with Crippen LogP contribution < -0.4 is 0 Å². The summed E-state index contributed by atoms with van der Waals surface area (Å²) in [5.41, 5.74) is 7.71. The number of aryl methyl sites for hydroxylation is 2. The van der Waals surface area contributed by atoms with Crippen molar-refractivity contribution < 1.29 is 4.79 Å². The van der Waals surface area contributed by atoms with E-state index in [-0.39, 0.29) is 18.0 Å². The highest BCUT2D eigenvalue weighted by Gasteiger charge is 2.44. The SMILES string of the molecule is Cc1c(C2C3=C(CCCC3)C(=O)N2C(C)CCc2ccccc2)c2ccccc2n1C. The third kappa shape index (κ3) is 3.31. The Bertz CT molecular complexity index is 1150. The fourth-order valence-corrected chi connectivity index (χ4v) is 5.74. The van der Waals surface area contributed by atoms with Gasteiger partial charge in [0.2, 0.25) is 0 Å². The molecule has 31 heavy (non-hydrogen) atoms. The summed E-state index contributed by atoms with van der Waals surface area (Å²) >= 11 is 0. The number of hydrogen-bond acceptors (Lipinski definition) is 1. The summed E-state index contributed by atoms with van der Waals surface area (Å²) < 4.78 is 2.29. The number of para-hydroxylation sites is 1. The van der Waals surface area contributed by atoms with Crippen LogP contribution in [0.3, 0.4) is 0 Å². The first-order chi connectivity index (χ1) is 15.1. The first-order valence-electron chi connectivity index (χ1n) is 11.7. The predicted molar refractivity (Wildman–Crippen MR) is 127 cm³/mol. The zero-order valence-electron chi connectivity index (χ0n) is 18.9. The molecule has 0 fully saturated rings. The lowest BCUT2D eigenvalue weighted by Gasteiger charge is -2.33. The summed E-state index contributed by atoms with van der Waals surface area (Å²) in [4.78, 5) is 15.9. The summed E-state index contributed by atoms with van der Waals surface area (Å²) in [6, 6.07) is 19.6. The van der Waals surface area contributed by atoms with Gasteiger partial charge in [0.15, 0.2) is 0 Å². The van der Waals surface area contributed by atoms with E-state index in [0.29, 0.717) is 0 Å². The molecule has 2 heterocycles. The average molecular weight is 413 g/mol. The van der Waals surface area contributed by atoms with Crippen LogP contribution in [-0.2, 0) is 18.3 Å². The summed E-state index contributed by atoms with van der Waals surface area (Å²) in [6.45, 7) is 4.46. The van der Waals surface area contributed by atoms with Crippen molar-refractivity contribution in [2.75, 3.05) is 0 Å². The second-order valence-corrected chi connectivity index (χ2v) is 9.27. The maximum atomic E-state index is 13.7. The molecule has 2 aliphatic rings. The molecule has 1 aromatic heterocycles. The highest BCUT2D eigenvalue weighted by molar-refractivity contribution is 5.99. The molecule has 2 unspecified atom stereocenters. The smallest absolute Gasteiger partial charge is 0.250 e. The summed E-state index contributed by atoms with van der Waals surface area (Å²) in [5, 5.41) is 1.29. The van der Waals surface area contributed by atoms with Crippen LogP contribution in [0.5, 0.6) is 0 Å². The highest BCUT2D eigenvalue weighted by atomic mass is 16.2. The monoisotopic (exact) mass is 412 g/mol. The van der Waals surface area contributed by atoms with E-state index in [1.54, 1.807) is 0 Å². The van der Waals surface area contributed by atoms with Gasteiger partial charge in [0.1, 0.15) is 0 Å². The van der Waals surface area contributed by atoms with Crippen molar-refractivity contribution in [2.24, 2.45) is 7.05 Å². The van der Waals surface area contributed by atoms with Crippen LogP contribution in [0.1, 0.15) is 61.9 Å². The number of carbonyl (C=O) groups excluding carboxylic acids is 1. The molecule has 1 amide bonds. The highest BCUT2D eigenvalue weighted by Crippen LogP contribution is 2.48. The second-order valence-electron chi connectivity index (χ2n) is 9.27. The van der Waals surface area contributed by atoms with Crippen molar-refractivity contribution in [3.63, 3.8) is 0 Å². The Morgan fingerprint density at radius 2 is 1.71 bits per heavy atom. The van der Waals surface area contributed by atoms with Gasteiger partial charge in [-0.25, -0.2) is 0 Å². The van der Waals surface area contributed by atoms with Crippen molar-refractivity contribution in [1.82, 2.24) is 9.47 Å². The molecule has 3 nitrogen and oxygen atoms in total. The van der Waals surface area contributed by atoms with Gasteiger partial charge in [0.05, 0.1) is 6.04 Å². The Balaban J connectivity index is 1.56. The van der Waals surface area contributed by atoms with Crippen molar-refractivity contribution in [3.05, 3.63) is 82.6 Å². The van der Waals surface area contributed by atoms with Gasteiger partial charge in [0, 0.05) is 40.8 Å². The van der Waals surface area contributed by atoms with E-state index in [9.17, 15) is 4.79 Å². The molecule has 0 saturated carbocycles. The van der Waals surface area contributed by atoms with Crippen LogP contribution in [0.2, 0.25) is 0 Å². The molecule has 0 spiro atoms. The molecule has 3 heteroatoms. The van der Waals surface area contributed by atoms with Crippen LogP contribution in [-0.4, -0.2) is 21.4 Å². The van der Waals surface area contributed by atoms with E-state index in [1.165, 1.54) is 39.7 Å². The van der Waals surface area contributed by atoms with E-state index in [1.807, 2.05) is 0 Å². The van der Waals surface area contributed by atoms with Crippen LogP contribution >= 0.6 is 0 Å². The molecule has 1 aliphatic carbocycles. The normalized spacial score (nSPS) is 19.9. The fraction of sp³-hybridized carbons (Fsp3) is 0.393. The standard InChI is InChI=1S/C28H32N2O/c1-19(17-18-21-11-5-4-6-12-21)30-27(22-13-7-8-14-23(22)28(30)31)26-20(2)29(3)25-16-10-9-15-24(25)26/h4-6,9-12,15-16,19,27H,7-8,13-14,17-18H2,1-3H3. The summed E-state index contributed by atoms with van der Waals surface area (Å²) in [7, 11) is 2.15. The second kappa shape index (κ2) is 8.03. The minimum Gasteiger partial charge on any atom is -0.348 e. The molecule has 5 rings (SSSR count). The number of benzene rings is 2. The van der Waals surface area contributed by atoms with Gasteiger partial charge < -0.3 is 9.47 Å². The van der Waals surface area contributed by atoms with E-state index in [0.717, 1.165) is 37.7 Å². The summed E-state index contributed by atoms with van der Waals surface area (Å²) in [5.74, 6) is 0.285. The van der Waals surface area contributed by atoms with Gasteiger partial charge in [-0.2, -0.15) is 0 Å². The van der Waals surface area contributed by atoms with Gasteiger partial charge in [-0.05, 0) is 69.6 Å². The number of hydrogen-bond donors (Lipinski definition) is 0. The number of amides is 1. The number of carbonyl (C=O) groups is 1. The Kier molecular flexibility index (Phi) is 5.21. The van der Waals surface area contributed by atoms with Crippen LogP contribution in [0.15, 0.2) is 65.7 Å². The summed E-state index contributed by atoms with van der Waals surface area (Å²) in [6.07, 6.45) is 6.30. The average Bonchev–Trinajstić information content (AvgIpc) is 3.24. The number of aromatic nitrogens is 1. The van der Waals surface area contributed by atoms with Gasteiger partial charge in [0.25, 0.3) is 5.91 Å². The van der Waals surface area contributed by atoms with Crippen molar-refractivity contribution in [2.45, 2.75) is 64.5 Å². The molecule has 0 bridgehead atoms. The molecule has 3 aromatic rings. The number of rotatable bonds is 5. The molecule has 2 aromatic carbocycles. The predicted octanol–water partition coefficient (Wildman–Crippen LogP) is 6.26. The van der Waals surface area contributed by atoms with Gasteiger partial charge in [-0.3, -0.25) is 4.79 Å². The maximum Gasteiger partial charge on any atom is 0.250 e. The quantitative estimate of drug-likeness (QED) is 0.485. The number of nitrogens with zero attached hydrogens (tertiary/aromatic N) is 2. The van der Waals surface area contributed by atoms with Gasteiger partial charge in [-0.1, -0.05) is 48.5 Å². The molecule has 0 saturated heterocycles. The number of fused-ring (bicyclic) bond motifs is 1. The zero-order valence-corrected chi connectivity index (χ0v) is 18.9. The molecule has 0 radical (unpaired) electrons. The van der Waals surface area contributed by atoms with E-state index in [4.69, 9.17) is 0 Å². The lowest BCUT2D eigenvalue weighted by molar-refractivity contribution is -0.129. The molecular formula is C28H32N2O. The Morgan fingerprint density at radius 1 is 1.00 bits per heavy atom. The van der Waals surface area contributed by atoms with Crippen molar-refractivity contribution in [1.29, 1.82) is 0 Å². The first kappa shape index (κ1) is 20.1. The molecule has 1 aliphatic heterocycles. The van der Waals surface area contributed by atoms with E-state index < -0.39 is 0 Å². The molecule has 160 valence electrons. The first-order valence-corrected chi connectivity index (χ1v) is 11.7. The Labute approximate surface area is 185 Å². The lowest BCUT2D eigenvalue weighted by atomic mass is 9.86. The van der Waals surface area contributed by atoms with Crippen LogP contribution in [0.4, 0.5) is 0 Å². The van der Waals surface area contributed by atoms with Crippen molar-refractivity contribution >= 4 is 16.8 Å². The zero-order chi connectivity index (χ0) is 21.5. The Hall–Kier alpha value is -2.81. The Morgan fingerprint density at radius 3 is 2.52 bits per heavy atom. The minimum atomic E-state index is 0.0830. The van der Waals surface area contributed by atoms with E-state index >= 15 is 0 Å². The minimum absolute atomic E-state index is 0.0830. The molecule has 0 N–H and O–H groups in total. The molecule has 2 atom stereocenters. The van der Waals surface area contributed by atoms with Crippen LogP contribution in [0, 0.1) is 6.92 Å². The maximum absolute atomic E-state index is 13.7. The molecular weight excluding hydrogens is 380 g/mol. The van der Waals surface area contributed by atoms with Gasteiger partial charge in [-0.15, -0.1) is 0 Å². The lowest BCUT2D eigenvalue weighted by Crippen LogP contribution is -2.38. The topological polar surface area (TPSA) is 25.2 Å². The largest absolute Gasteiger partial charge is 0.348 e. The third-order valence-electron chi connectivity index (χ3n) is 7.50.